The third kappa shape index (κ3) is 3.15. The zero-order chi connectivity index (χ0) is 19.0. The van der Waals surface area contributed by atoms with Gasteiger partial charge in [-0.1, -0.05) is 42.0 Å². The van der Waals surface area contributed by atoms with Crippen molar-refractivity contribution in [3.63, 3.8) is 0 Å². The average Bonchev–Trinajstić information content (AvgIpc) is 3.22. The number of thiazole rings is 1. The van der Waals surface area contributed by atoms with Crippen molar-refractivity contribution in [1.82, 2.24) is 14.6 Å². The number of hydrogen-bond acceptors (Lipinski definition) is 6. The van der Waals surface area contributed by atoms with E-state index in [1.807, 2.05) is 36.6 Å². The third-order valence-corrected chi connectivity index (χ3v) is 4.82. The standard InChI is InChI=1S/C18H13N5O3S/c1-11-6-8-12(9-7-11)15-10-27-18-20-17(21-22(15)18)19-16(24)13-4-2-3-5-14(13)23(25)26/h2-10H,1H3,(H,19,21,24). The van der Waals surface area contributed by atoms with Crippen molar-refractivity contribution in [3.8, 4) is 11.3 Å². The Bertz CT molecular complexity index is 1160. The molecule has 0 saturated heterocycles. The number of fused-ring (bicyclic) bond motifs is 1. The second kappa shape index (κ2) is 6.61. The smallest absolute Gasteiger partial charge is 0.282 e. The van der Waals surface area contributed by atoms with Gasteiger partial charge in [0.25, 0.3) is 17.5 Å². The molecule has 0 aliphatic carbocycles. The summed E-state index contributed by atoms with van der Waals surface area (Å²) in [5.74, 6) is -0.532. The summed E-state index contributed by atoms with van der Waals surface area (Å²) in [5, 5.41) is 19.9. The van der Waals surface area contributed by atoms with Gasteiger partial charge in [-0.25, -0.2) is 4.52 Å². The Morgan fingerprint density at radius 1 is 1.19 bits per heavy atom. The highest BCUT2D eigenvalue weighted by Gasteiger charge is 2.21. The Morgan fingerprint density at radius 2 is 1.93 bits per heavy atom. The molecule has 4 aromatic rings. The van der Waals surface area contributed by atoms with Crippen molar-refractivity contribution >= 4 is 33.8 Å². The maximum absolute atomic E-state index is 12.4. The fourth-order valence-corrected chi connectivity index (χ4v) is 3.48. The summed E-state index contributed by atoms with van der Waals surface area (Å²) in [6, 6.07) is 13.7. The van der Waals surface area contributed by atoms with Crippen LogP contribution in [0.2, 0.25) is 0 Å². The maximum Gasteiger partial charge on any atom is 0.282 e. The number of benzene rings is 2. The van der Waals surface area contributed by atoms with Crippen LogP contribution < -0.4 is 5.32 Å². The number of carbonyl (C=O) groups excluding carboxylic acids is 1. The number of rotatable bonds is 4. The lowest BCUT2D eigenvalue weighted by Gasteiger charge is -2.02. The molecule has 0 aliphatic heterocycles. The minimum absolute atomic E-state index is 0.0422. The number of aryl methyl sites for hydroxylation is 1. The number of anilines is 1. The quantitative estimate of drug-likeness (QED) is 0.427. The van der Waals surface area contributed by atoms with Gasteiger partial charge in [-0.15, -0.1) is 16.4 Å². The first-order valence-electron chi connectivity index (χ1n) is 7.99. The van der Waals surface area contributed by atoms with Crippen LogP contribution in [0, 0.1) is 17.0 Å². The van der Waals surface area contributed by atoms with E-state index in [1.54, 1.807) is 10.6 Å². The summed E-state index contributed by atoms with van der Waals surface area (Å²) in [6.45, 7) is 2.01. The molecule has 134 valence electrons. The number of nitrogens with one attached hydrogen (secondary N) is 1. The molecule has 2 heterocycles. The molecular weight excluding hydrogens is 366 g/mol. The average molecular weight is 379 g/mol. The summed E-state index contributed by atoms with van der Waals surface area (Å²) >= 11 is 1.39. The van der Waals surface area contributed by atoms with Crippen molar-refractivity contribution in [2.45, 2.75) is 6.92 Å². The molecule has 4 rings (SSSR count). The number of nitro groups is 1. The van der Waals surface area contributed by atoms with Gasteiger partial charge in [0.2, 0.25) is 4.96 Å². The number of nitro benzene ring substituents is 1. The van der Waals surface area contributed by atoms with Gasteiger partial charge in [-0.3, -0.25) is 20.2 Å². The highest BCUT2D eigenvalue weighted by molar-refractivity contribution is 7.15. The molecule has 27 heavy (non-hydrogen) atoms. The molecule has 2 aromatic carbocycles. The normalized spacial score (nSPS) is 10.9. The van der Waals surface area contributed by atoms with Crippen LogP contribution >= 0.6 is 11.3 Å². The number of para-hydroxylation sites is 1. The van der Waals surface area contributed by atoms with Crippen LogP contribution in [0.15, 0.2) is 53.9 Å². The SMILES string of the molecule is Cc1ccc(-c2csc3nc(NC(=O)c4ccccc4[N+](=O)[O-])nn23)cc1. The summed E-state index contributed by atoms with van der Waals surface area (Å²) < 4.78 is 1.64. The molecule has 0 radical (unpaired) electrons. The minimum atomic E-state index is -0.627. The van der Waals surface area contributed by atoms with Crippen LogP contribution in [0.1, 0.15) is 15.9 Å². The minimum Gasteiger partial charge on any atom is -0.289 e. The van der Waals surface area contributed by atoms with Crippen LogP contribution in [-0.4, -0.2) is 25.4 Å². The molecule has 9 heteroatoms. The molecule has 1 N–H and O–H groups in total. The highest BCUT2D eigenvalue weighted by atomic mass is 32.1. The van der Waals surface area contributed by atoms with Gasteiger partial charge in [-0.05, 0) is 13.0 Å². The maximum atomic E-state index is 12.4. The van der Waals surface area contributed by atoms with E-state index in [-0.39, 0.29) is 17.2 Å². The van der Waals surface area contributed by atoms with Gasteiger partial charge in [0.15, 0.2) is 0 Å². The fraction of sp³-hybridized carbons (Fsp3) is 0.0556. The molecule has 2 aromatic heterocycles. The Morgan fingerprint density at radius 3 is 2.67 bits per heavy atom. The van der Waals surface area contributed by atoms with E-state index in [0.717, 1.165) is 16.8 Å². The predicted molar refractivity (Wildman–Crippen MR) is 102 cm³/mol. The molecule has 0 fully saturated rings. The van der Waals surface area contributed by atoms with Crippen LogP contribution in [0.5, 0.6) is 0 Å². The van der Waals surface area contributed by atoms with Crippen LogP contribution in [0.4, 0.5) is 11.6 Å². The van der Waals surface area contributed by atoms with Crippen molar-refractivity contribution in [1.29, 1.82) is 0 Å². The largest absolute Gasteiger partial charge is 0.289 e. The highest BCUT2D eigenvalue weighted by Crippen LogP contribution is 2.26. The summed E-state index contributed by atoms with van der Waals surface area (Å²) in [6.07, 6.45) is 0. The molecule has 1 amide bonds. The molecule has 0 unspecified atom stereocenters. The Kier molecular flexibility index (Phi) is 4.13. The zero-order valence-corrected chi connectivity index (χ0v) is 14.9. The number of carbonyl (C=O) groups is 1. The second-order valence-corrected chi connectivity index (χ2v) is 6.68. The topological polar surface area (TPSA) is 102 Å². The summed E-state index contributed by atoms with van der Waals surface area (Å²) in [4.78, 5) is 27.8. The van der Waals surface area contributed by atoms with E-state index in [2.05, 4.69) is 15.4 Å². The van der Waals surface area contributed by atoms with Crippen LogP contribution in [0.3, 0.4) is 0 Å². The van der Waals surface area contributed by atoms with Gasteiger partial charge in [-0.2, -0.15) is 4.98 Å². The van der Waals surface area contributed by atoms with Gasteiger partial charge >= 0.3 is 0 Å². The lowest BCUT2D eigenvalue weighted by atomic mass is 10.1. The van der Waals surface area contributed by atoms with Crippen LogP contribution in [0.25, 0.3) is 16.2 Å². The lowest BCUT2D eigenvalue weighted by Crippen LogP contribution is -2.15. The van der Waals surface area contributed by atoms with Crippen LogP contribution in [-0.2, 0) is 0 Å². The first-order chi connectivity index (χ1) is 13.0. The first kappa shape index (κ1) is 16.9. The molecule has 0 bridgehead atoms. The lowest BCUT2D eigenvalue weighted by molar-refractivity contribution is -0.385. The molecule has 0 atom stereocenters. The molecule has 0 spiro atoms. The van der Waals surface area contributed by atoms with E-state index in [1.165, 1.54) is 29.5 Å². The van der Waals surface area contributed by atoms with E-state index in [0.29, 0.717) is 4.96 Å². The van der Waals surface area contributed by atoms with Crippen molar-refractivity contribution in [2.24, 2.45) is 0 Å². The Balaban J connectivity index is 1.65. The van der Waals surface area contributed by atoms with Gasteiger partial charge in [0.1, 0.15) is 5.56 Å². The predicted octanol–water partition coefficient (Wildman–Crippen LogP) is 3.93. The molecule has 0 aliphatic rings. The number of hydrogen-bond donors (Lipinski definition) is 1. The number of amides is 1. The van der Waals surface area contributed by atoms with Gasteiger partial charge < -0.3 is 0 Å². The fourth-order valence-electron chi connectivity index (χ4n) is 2.65. The first-order valence-corrected chi connectivity index (χ1v) is 8.87. The Labute approximate surface area is 157 Å². The van der Waals surface area contributed by atoms with E-state index < -0.39 is 10.8 Å². The van der Waals surface area contributed by atoms with Gasteiger partial charge in [0.05, 0.1) is 10.6 Å². The van der Waals surface area contributed by atoms with Crippen molar-refractivity contribution in [3.05, 3.63) is 75.2 Å². The molecule has 0 saturated carbocycles. The van der Waals surface area contributed by atoms with E-state index in [9.17, 15) is 14.9 Å². The van der Waals surface area contributed by atoms with Gasteiger partial charge in [0, 0.05) is 17.0 Å². The number of aromatic nitrogens is 3. The zero-order valence-electron chi connectivity index (χ0n) is 14.1. The Hall–Kier alpha value is -3.59. The number of nitrogens with zero attached hydrogens (tertiary/aromatic N) is 4. The van der Waals surface area contributed by atoms with E-state index in [4.69, 9.17) is 0 Å². The summed E-state index contributed by atoms with van der Waals surface area (Å²) in [5.41, 5.74) is 2.68. The second-order valence-electron chi connectivity index (χ2n) is 5.85. The van der Waals surface area contributed by atoms with Crippen molar-refractivity contribution < 1.29 is 9.72 Å². The molecular formula is C18H13N5O3S. The monoisotopic (exact) mass is 379 g/mol. The summed E-state index contributed by atoms with van der Waals surface area (Å²) in [7, 11) is 0. The third-order valence-electron chi connectivity index (χ3n) is 4.00. The molecule has 8 nitrogen and oxygen atoms in total. The van der Waals surface area contributed by atoms with Crippen molar-refractivity contribution in [2.75, 3.05) is 5.32 Å². The van der Waals surface area contributed by atoms with E-state index >= 15 is 0 Å².